The molecule has 0 spiro atoms. The lowest BCUT2D eigenvalue weighted by Gasteiger charge is -2.46. The molecule has 2 rings (SSSR count). The Morgan fingerprint density at radius 3 is 2.72 bits per heavy atom. The van der Waals surface area contributed by atoms with Crippen LogP contribution in [0.4, 0.5) is 0 Å². The molecular formula is C15H27NO2. The molecule has 2 aliphatic rings. The fourth-order valence-electron chi connectivity index (χ4n) is 3.87. The Hall–Kier alpha value is -0.570. The van der Waals surface area contributed by atoms with Crippen LogP contribution < -0.4 is 0 Å². The number of likely N-dealkylation sites (tertiary alicyclic amines) is 1. The first-order chi connectivity index (χ1) is 8.48. The highest BCUT2D eigenvalue weighted by molar-refractivity contribution is 5.67. The van der Waals surface area contributed by atoms with Gasteiger partial charge in [-0.1, -0.05) is 26.7 Å². The van der Waals surface area contributed by atoms with Crippen molar-refractivity contribution in [2.24, 2.45) is 5.41 Å². The molecule has 1 aliphatic heterocycles. The summed E-state index contributed by atoms with van der Waals surface area (Å²) in [5.74, 6) is -0.637. The van der Waals surface area contributed by atoms with E-state index in [0.717, 1.165) is 13.0 Å². The second-order valence-electron chi connectivity index (χ2n) is 6.90. The van der Waals surface area contributed by atoms with Crippen molar-refractivity contribution in [1.82, 2.24) is 4.90 Å². The number of carboxylic acid groups (broad SMARTS) is 1. The normalized spacial score (nSPS) is 33.2. The summed E-state index contributed by atoms with van der Waals surface area (Å²) in [6.07, 6.45) is 8.97. The van der Waals surface area contributed by atoms with Gasteiger partial charge in [-0.25, -0.2) is 0 Å². The van der Waals surface area contributed by atoms with Gasteiger partial charge < -0.3 is 5.11 Å². The van der Waals surface area contributed by atoms with E-state index in [1.165, 1.54) is 38.5 Å². The van der Waals surface area contributed by atoms with Crippen LogP contribution in [0.2, 0.25) is 0 Å². The van der Waals surface area contributed by atoms with Crippen molar-refractivity contribution in [2.75, 3.05) is 6.54 Å². The molecule has 18 heavy (non-hydrogen) atoms. The molecule has 1 heterocycles. The molecule has 1 aliphatic carbocycles. The van der Waals surface area contributed by atoms with E-state index in [2.05, 4.69) is 18.7 Å². The maximum Gasteiger partial charge on any atom is 0.304 e. The van der Waals surface area contributed by atoms with Crippen LogP contribution in [0.25, 0.3) is 0 Å². The lowest BCUT2D eigenvalue weighted by atomic mass is 9.74. The largest absolute Gasteiger partial charge is 0.481 e. The van der Waals surface area contributed by atoms with Crippen LogP contribution in [0.1, 0.15) is 65.2 Å². The zero-order valence-corrected chi connectivity index (χ0v) is 11.8. The minimum absolute atomic E-state index is 0.287. The maximum absolute atomic E-state index is 11.0. The smallest absolute Gasteiger partial charge is 0.304 e. The van der Waals surface area contributed by atoms with E-state index < -0.39 is 5.97 Å². The summed E-state index contributed by atoms with van der Waals surface area (Å²) in [7, 11) is 0. The SMILES string of the molecule is CC1(C)CCCC(N2CCCCC2CC(=O)O)C1. The van der Waals surface area contributed by atoms with Crippen LogP contribution in [0.3, 0.4) is 0 Å². The van der Waals surface area contributed by atoms with Crippen LogP contribution in [-0.2, 0) is 4.79 Å². The zero-order chi connectivity index (χ0) is 13.2. The number of aliphatic carboxylic acids is 1. The van der Waals surface area contributed by atoms with E-state index in [-0.39, 0.29) is 6.04 Å². The predicted molar refractivity (Wildman–Crippen MR) is 72.6 cm³/mol. The van der Waals surface area contributed by atoms with Gasteiger partial charge >= 0.3 is 5.97 Å². The molecule has 0 bridgehead atoms. The third-order valence-electron chi connectivity index (χ3n) is 4.73. The Bertz CT molecular complexity index is 301. The minimum Gasteiger partial charge on any atom is -0.481 e. The maximum atomic E-state index is 11.0. The highest BCUT2D eigenvalue weighted by Crippen LogP contribution is 2.39. The van der Waals surface area contributed by atoms with Gasteiger partial charge in [0.25, 0.3) is 0 Å². The van der Waals surface area contributed by atoms with Gasteiger partial charge in [-0.2, -0.15) is 0 Å². The molecule has 0 aromatic rings. The second-order valence-corrected chi connectivity index (χ2v) is 6.90. The van der Waals surface area contributed by atoms with Crippen molar-refractivity contribution in [1.29, 1.82) is 0 Å². The third kappa shape index (κ3) is 3.47. The molecule has 104 valence electrons. The van der Waals surface area contributed by atoms with Crippen molar-refractivity contribution in [2.45, 2.75) is 77.3 Å². The van der Waals surface area contributed by atoms with Crippen LogP contribution in [0, 0.1) is 5.41 Å². The molecule has 1 saturated carbocycles. The summed E-state index contributed by atoms with van der Waals surface area (Å²) < 4.78 is 0. The molecular weight excluding hydrogens is 226 g/mol. The number of hydrogen-bond donors (Lipinski definition) is 1. The zero-order valence-electron chi connectivity index (χ0n) is 11.8. The second kappa shape index (κ2) is 5.60. The number of carbonyl (C=O) groups is 1. The van der Waals surface area contributed by atoms with Crippen molar-refractivity contribution >= 4 is 5.97 Å². The minimum atomic E-state index is -0.637. The van der Waals surface area contributed by atoms with E-state index in [1.807, 2.05) is 0 Å². The fourth-order valence-corrected chi connectivity index (χ4v) is 3.87. The summed E-state index contributed by atoms with van der Waals surface area (Å²) in [6.45, 7) is 5.82. The summed E-state index contributed by atoms with van der Waals surface area (Å²) in [5.41, 5.74) is 0.439. The molecule has 0 radical (unpaired) electrons. The summed E-state index contributed by atoms with van der Waals surface area (Å²) >= 11 is 0. The standard InChI is InChI=1S/C15H27NO2/c1-15(2)8-5-7-13(11-15)16-9-4-3-6-12(16)10-14(17)18/h12-13H,3-11H2,1-2H3,(H,17,18). The van der Waals surface area contributed by atoms with Crippen LogP contribution in [-0.4, -0.2) is 34.6 Å². The fraction of sp³-hybridized carbons (Fsp3) is 0.933. The summed E-state index contributed by atoms with van der Waals surface area (Å²) in [5, 5.41) is 9.06. The Morgan fingerprint density at radius 2 is 2.06 bits per heavy atom. The molecule has 2 unspecified atom stereocenters. The van der Waals surface area contributed by atoms with E-state index in [0.29, 0.717) is 17.9 Å². The predicted octanol–water partition coefficient (Wildman–Crippen LogP) is 3.28. The molecule has 3 nitrogen and oxygen atoms in total. The van der Waals surface area contributed by atoms with E-state index in [9.17, 15) is 4.79 Å². The first-order valence-corrected chi connectivity index (χ1v) is 7.45. The van der Waals surface area contributed by atoms with Crippen molar-refractivity contribution in [3.8, 4) is 0 Å². The summed E-state index contributed by atoms with van der Waals surface area (Å²) in [6, 6.07) is 0.911. The monoisotopic (exact) mass is 253 g/mol. The van der Waals surface area contributed by atoms with Gasteiger partial charge in [0, 0.05) is 12.1 Å². The summed E-state index contributed by atoms with van der Waals surface area (Å²) in [4.78, 5) is 13.5. The Kier molecular flexibility index (Phi) is 4.31. The lowest BCUT2D eigenvalue weighted by Crippen LogP contribution is -2.49. The number of rotatable bonds is 3. The van der Waals surface area contributed by atoms with Crippen molar-refractivity contribution in [3.63, 3.8) is 0 Å². The molecule has 0 aromatic heterocycles. The van der Waals surface area contributed by atoms with Gasteiger partial charge in [0.1, 0.15) is 0 Å². The van der Waals surface area contributed by atoms with Gasteiger partial charge in [-0.05, 0) is 44.1 Å². The van der Waals surface area contributed by atoms with Crippen molar-refractivity contribution < 1.29 is 9.90 Å². The number of hydrogen-bond acceptors (Lipinski definition) is 2. The number of piperidine rings is 1. The van der Waals surface area contributed by atoms with Gasteiger partial charge in [0.15, 0.2) is 0 Å². The van der Waals surface area contributed by atoms with E-state index >= 15 is 0 Å². The lowest BCUT2D eigenvalue weighted by molar-refractivity contribution is -0.139. The van der Waals surface area contributed by atoms with Gasteiger partial charge in [0.05, 0.1) is 6.42 Å². The Labute approximate surface area is 111 Å². The molecule has 0 amide bonds. The van der Waals surface area contributed by atoms with Gasteiger partial charge in [0.2, 0.25) is 0 Å². The number of carboxylic acids is 1. The molecule has 2 atom stereocenters. The van der Waals surface area contributed by atoms with Gasteiger partial charge in [-0.15, -0.1) is 0 Å². The highest BCUT2D eigenvalue weighted by atomic mass is 16.4. The van der Waals surface area contributed by atoms with Crippen LogP contribution in [0.5, 0.6) is 0 Å². The molecule has 1 saturated heterocycles. The van der Waals surface area contributed by atoms with Gasteiger partial charge in [-0.3, -0.25) is 9.69 Å². The van der Waals surface area contributed by atoms with E-state index in [1.54, 1.807) is 0 Å². The Morgan fingerprint density at radius 1 is 1.28 bits per heavy atom. The average Bonchev–Trinajstić information content (AvgIpc) is 2.27. The third-order valence-corrected chi connectivity index (χ3v) is 4.73. The quantitative estimate of drug-likeness (QED) is 0.839. The Balaban J connectivity index is 2.01. The van der Waals surface area contributed by atoms with Crippen molar-refractivity contribution in [3.05, 3.63) is 0 Å². The van der Waals surface area contributed by atoms with Crippen LogP contribution in [0.15, 0.2) is 0 Å². The highest BCUT2D eigenvalue weighted by Gasteiger charge is 2.35. The van der Waals surface area contributed by atoms with Crippen LogP contribution >= 0.6 is 0 Å². The van der Waals surface area contributed by atoms with E-state index in [4.69, 9.17) is 5.11 Å². The molecule has 0 aromatic carbocycles. The molecule has 1 N–H and O–H groups in total. The average molecular weight is 253 g/mol. The number of nitrogens with zero attached hydrogens (tertiary/aromatic N) is 1. The first-order valence-electron chi connectivity index (χ1n) is 7.45. The first kappa shape index (κ1) is 13.9. The topological polar surface area (TPSA) is 40.5 Å². The molecule has 3 heteroatoms. The molecule has 2 fully saturated rings.